The number of carbonyl (C=O) groups excluding carboxylic acids is 1. The van der Waals surface area contributed by atoms with Crippen molar-refractivity contribution in [2.24, 2.45) is 5.92 Å². The van der Waals surface area contributed by atoms with Gasteiger partial charge in [-0.15, -0.1) is 0 Å². The van der Waals surface area contributed by atoms with Crippen LogP contribution in [0.4, 0.5) is 10.1 Å². The van der Waals surface area contributed by atoms with Crippen molar-refractivity contribution in [2.75, 3.05) is 4.90 Å². The van der Waals surface area contributed by atoms with Crippen LogP contribution in [0.15, 0.2) is 76.4 Å². The number of anilines is 1. The summed E-state index contributed by atoms with van der Waals surface area (Å²) in [5.74, 6) is 0.294. The quantitative estimate of drug-likeness (QED) is 0.269. The van der Waals surface area contributed by atoms with E-state index in [4.69, 9.17) is 0 Å². The highest BCUT2D eigenvalue weighted by Gasteiger charge is 2.26. The van der Waals surface area contributed by atoms with Gasteiger partial charge in [0.1, 0.15) is 17.2 Å². The number of aromatic amines is 1. The average Bonchev–Trinajstić information content (AvgIpc) is 3.72. The number of benzene rings is 2. The molecule has 43 heavy (non-hydrogen) atoms. The number of amides is 1. The zero-order valence-electron chi connectivity index (χ0n) is 24.4. The zero-order valence-corrected chi connectivity index (χ0v) is 24.4. The Bertz CT molecular complexity index is 1920. The van der Waals surface area contributed by atoms with Crippen molar-refractivity contribution in [3.05, 3.63) is 122 Å². The van der Waals surface area contributed by atoms with Gasteiger partial charge in [0.25, 0.3) is 11.5 Å². The van der Waals surface area contributed by atoms with Gasteiger partial charge in [-0.3, -0.25) is 23.7 Å². The summed E-state index contributed by atoms with van der Waals surface area (Å²) in [6, 6.07) is 17.3. The number of pyridine rings is 1. The molecular formula is C33H33FN6O3. The number of hydrogen-bond donors (Lipinski definition) is 1. The Morgan fingerprint density at radius 2 is 1.79 bits per heavy atom. The van der Waals surface area contributed by atoms with Crippen LogP contribution < -0.4 is 16.1 Å². The van der Waals surface area contributed by atoms with Crippen LogP contribution >= 0.6 is 0 Å². The maximum Gasteiger partial charge on any atom is 0.333 e. The topological polar surface area (TPSA) is 106 Å². The lowest BCUT2D eigenvalue weighted by atomic mass is 10.1. The number of halogens is 1. The first-order valence-corrected chi connectivity index (χ1v) is 14.5. The minimum atomic E-state index is -0.527. The number of H-pyrrole nitrogens is 1. The number of imidazole rings is 1. The van der Waals surface area contributed by atoms with Crippen LogP contribution in [-0.2, 0) is 19.5 Å². The molecule has 2 aromatic carbocycles. The Balaban J connectivity index is 1.31. The van der Waals surface area contributed by atoms with E-state index in [0.29, 0.717) is 35.9 Å². The number of nitrogens with one attached hydrogen (secondary N) is 1. The largest absolute Gasteiger partial charge is 0.336 e. The zero-order chi connectivity index (χ0) is 30.2. The predicted molar refractivity (Wildman–Crippen MR) is 163 cm³/mol. The molecule has 5 aromatic rings. The molecule has 1 saturated carbocycles. The fraction of sp³-hybridized carbons (Fsp3) is 0.303. The maximum absolute atomic E-state index is 14.4. The van der Waals surface area contributed by atoms with E-state index in [-0.39, 0.29) is 29.6 Å². The fourth-order valence-corrected chi connectivity index (χ4v) is 5.31. The van der Waals surface area contributed by atoms with Crippen LogP contribution in [0.2, 0.25) is 0 Å². The van der Waals surface area contributed by atoms with Gasteiger partial charge in [-0.1, -0.05) is 30.3 Å². The summed E-state index contributed by atoms with van der Waals surface area (Å²) >= 11 is 0. The summed E-state index contributed by atoms with van der Waals surface area (Å²) in [5, 5.41) is 0. The minimum absolute atomic E-state index is 0.0789. The molecule has 220 valence electrons. The van der Waals surface area contributed by atoms with Gasteiger partial charge in [0.05, 0.1) is 12.1 Å². The third-order valence-electron chi connectivity index (χ3n) is 7.81. The standard InChI is InChI=1S/C33H33FN6O3/c1-20(2)40(31(41)24-13-8-21(3)35-17-24)26-14-11-22(12-15-26)16-28-36-29-30(37-28)38(18-23-9-10-23)33(43)39(32(29)42)19-25-6-4-5-7-27(25)34/h4-8,11-15,17,20,23H,9-10,16,18-19H2,1-3H3,(H,36,37). The van der Waals surface area contributed by atoms with Crippen molar-refractivity contribution in [1.29, 1.82) is 0 Å². The van der Waals surface area contributed by atoms with Gasteiger partial charge in [-0.05, 0) is 75.4 Å². The Kier molecular flexibility index (Phi) is 7.52. The molecule has 3 aromatic heterocycles. The Labute approximate surface area is 247 Å². The molecule has 0 saturated heterocycles. The first kappa shape index (κ1) is 28.3. The van der Waals surface area contributed by atoms with E-state index >= 15 is 0 Å². The van der Waals surface area contributed by atoms with Crippen molar-refractivity contribution in [3.8, 4) is 0 Å². The highest BCUT2D eigenvalue weighted by atomic mass is 19.1. The van der Waals surface area contributed by atoms with Gasteiger partial charge < -0.3 is 9.88 Å². The lowest BCUT2D eigenvalue weighted by Crippen LogP contribution is -2.40. The summed E-state index contributed by atoms with van der Waals surface area (Å²) in [6.07, 6.45) is 4.01. The lowest BCUT2D eigenvalue weighted by Gasteiger charge is -2.27. The van der Waals surface area contributed by atoms with Crippen molar-refractivity contribution in [2.45, 2.75) is 59.2 Å². The second-order valence-corrected chi connectivity index (χ2v) is 11.5. The van der Waals surface area contributed by atoms with E-state index in [0.717, 1.165) is 34.4 Å². The first-order chi connectivity index (χ1) is 20.7. The number of rotatable bonds is 9. The molecule has 9 nitrogen and oxygen atoms in total. The molecule has 0 atom stereocenters. The van der Waals surface area contributed by atoms with E-state index in [1.165, 1.54) is 6.07 Å². The van der Waals surface area contributed by atoms with Gasteiger partial charge in [0.2, 0.25) is 0 Å². The molecule has 0 aliphatic heterocycles. The van der Waals surface area contributed by atoms with Crippen molar-refractivity contribution >= 4 is 22.8 Å². The molecule has 1 aliphatic rings. The summed E-state index contributed by atoms with van der Waals surface area (Å²) in [5.41, 5.74) is 2.83. The van der Waals surface area contributed by atoms with E-state index in [1.54, 1.807) is 39.9 Å². The van der Waals surface area contributed by atoms with Gasteiger partial charge in [-0.2, -0.15) is 0 Å². The third-order valence-corrected chi connectivity index (χ3v) is 7.81. The van der Waals surface area contributed by atoms with Crippen LogP contribution in [0.1, 0.15) is 59.7 Å². The second-order valence-electron chi connectivity index (χ2n) is 11.5. The number of aryl methyl sites for hydroxylation is 1. The normalized spacial score (nSPS) is 13.1. The number of hydrogen-bond acceptors (Lipinski definition) is 5. The molecule has 6 rings (SSSR count). The summed E-state index contributed by atoms with van der Waals surface area (Å²) in [6.45, 7) is 6.10. The van der Waals surface area contributed by atoms with E-state index in [9.17, 15) is 18.8 Å². The molecule has 10 heteroatoms. The molecule has 0 radical (unpaired) electrons. The summed E-state index contributed by atoms with van der Waals surface area (Å²) < 4.78 is 17.0. The molecule has 1 N–H and O–H groups in total. The summed E-state index contributed by atoms with van der Waals surface area (Å²) in [4.78, 5) is 54.1. The Morgan fingerprint density at radius 3 is 2.44 bits per heavy atom. The molecule has 1 amide bonds. The van der Waals surface area contributed by atoms with Crippen LogP contribution in [-0.4, -0.2) is 36.0 Å². The molecular weight excluding hydrogens is 547 g/mol. The van der Waals surface area contributed by atoms with E-state index in [2.05, 4.69) is 15.0 Å². The van der Waals surface area contributed by atoms with E-state index < -0.39 is 17.1 Å². The summed E-state index contributed by atoms with van der Waals surface area (Å²) in [7, 11) is 0. The fourth-order valence-electron chi connectivity index (χ4n) is 5.31. The Hall–Kier alpha value is -4.86. The van der Waals surface area contributed by atoms with E-state index in [1.807, 2.05) is 51.1 Å². The van der Waals surface area contributed by atoms with Crippen molar-refractivity contribution in [3.63, 3.8) is 0 Å². The van der Waals surface area contributed by atoms with Crippen LogP contribution in [0.25, 0.3) is 11.2 Å². The smallest absolute Gasteiger partial charge is 0.333 e. The van der Waals surface area contributed by atoms with Crippen molar-refractivity contribution in [1.82, 2.24) is 24.1 Å². The monoisotopic (exact) mass is 580 g/mol. The maximum atomic E-state index is 14.4. The van der Waals surface area contributed by atoms with Crippen molar-refractivity contribution < 1.29 is 9.18 Å². The number of fused-ring (bicyclic) bond motifs is 1. The second kappa shape index (κ2) is 11.4. The minimum Gasteiger partial charge on any atom is -0.336 e. The molecule has 0 unspecified atom stereocenters. The SMILES string of the molecule is Cc1ccc(C(=O)N(c2ccc(Cc3nc4c([nH]3)c(=O)n(Cc3ccccc3F)c(=O)n4CC3CC3)cc2)C(C)C)cn1. The molecule has 3 heterocycles. The van der Waals surface area contributed by atoms with Crippen LogP contribution in [0, 0.1) is 18.7 Å². The predicted octanol–water partition coefficient (Wildman–Crippen LogP) is 4.83. The molecule has 0 spiro atoms. The van der Waals surface area contributed by atoms with Crippen LogP contribution in [0.5, 0.6) is 0 Å². The first-order valence-electron chi connectivity index (χ1n) is 14.5. The average molecular weight is 581 g/mol. The molecule has 0 bridgehead atoms. The lowest BCUT2D eigenvalue weighted by molar-refractivity contribution is 0.0980. The third kappa shape index (κ3) is 5.77. The van der Waals surface area contributed by atoms with Gasteiger partial charge >= 0.3 is 5.69 Å². The number of carbonyl (C=O) groups is 1. The molecule has 1 aliphatic carbocycles. The Morgan fingerprint density at radius 1 is 1.05 bits per heavy atom. The van der Waals surface area contributed by atoms with Gasteiger partial charge in [-0.25, -0.2) is 14.2 Å². The van der Waals surface area contributed by atoms with Gasteiger partial charge in [0.15, 0.2) is 5.65 Å². The molecule has 1 fully saturated rings. The number of nitrogens with zero attached hydrogens (tertiary/aromatic N) is 5. The highest BCUT2D eigenvalue weighted by Crippen LogP contribution is 2.31. The van der Waals surface area contributed by atoms with Crippen LogP contribution in [0.3, 0.4) is 0 Å². The highest BCUT2D eigenvalue weighted by molar-refractivity contribution is 6.06. The van der Waals surface area contributed by atoms with Gasteiger partial charge in [0, 0.05) is 42.1 Å². The number of aromatic nitrogens is 5.